The highest BCUT2D eigenvalue weighted by molar-refractivity contribution is 5.84. The number of carbonyl (C=O) groups is 1. The third-order valence-electron chi connectivity index (χ3n) is 2.02. The number of rotatable bonds is 6. The second-order valence-corrected chi connectivity index (χ2v) is 3.93. The van der Waals surface area contributed by atoms with Gasteiger partial charge in [-0.15, -0.1) is 0 Å². The fraction of sp³-hybridized carbons (Fsp3) is 0.545. The Kier molecular flexibility index (Phi) is 4.69. The van der Waals surface area contributed by atoms with E-state index in [0.717, 1.165) is 12.8 Å². The molecule has 0 spiro atoms. The molecule has 16 heavy (non-hydrogen) atoms. The van der Waals surface area contributed by atoms with Crippen molar-refractivity contribution in [2.24, 2.45) is 5.92 Å². The normalized spacial score (nSPS) is 10.4. The Bertz CT molecular complexity index is 336. The lowest BCUT2D eigenvalue weighted by atomic mass is 10.1. The van der Waals surface area contributed by atoms with E-state index in [2.05, 4.69) is 23.8 Å². The second kappa shape index (κ2) is 6.05. The van der Waals surface area contributed by atoms with Gasteiger partial charge in [0.15, 0.2) is 5.69 Å². The van der Waals surface area contributed by atoms with Gasteiger partial charge >= 0.3 is 5.97 Å². The van der Waals surface area contributed by atoms with Crippen molar-refractivity contribution in [2.45, 2.75) is 26.7 Å². The van der Waals surface area contributed by atoms with Crippen LogP contribution in [0.5, 0.6) is 5.88 Å². The molecule has 0 amide bonds. The van der Waals surface area contributed by atoms with Crippen molar-refractivity contribution in [3.63, 3.8) is 0 Å². The van der Waals surface area contributed by atoms with Crippen molar-refractivity contribution in [2.75, 3.05) is 6.61 Å². The van der Waals surface area contributed by atoms with Gasteiger partial charge in [0.05, 0.1) is 19.0 Å². The topological polar surface area (TPSA) is 72.3 Å². The van der Waals surface area contributed by atoms with Gasteiger partial charge in [0, 0.05) is 0 Å². The summed E-state index contributed by atoms with van der Waals surface area (Å²) in [6, 6.07) is 0. The van der Waals surface area contributed by atoms with Gasteiger partial charge in [-0.1, -0.05) is 13.8 Å². The second-order valence-electron chi connectivity index (χ2n) is 3.93. The van der Waals surface area contributed by atoms with E-state index in [1.807, 2.05) is 0 Å². The van der Waals surface area contributed by atoms with Crippen molar-refractivity contribution >= 4 is 5.97 Å². The minimum absolute atomic E-state index is 0.0745. The van der Waals surface area contributed by atoms with Gasteiger partial charge in [0.2, 0.25) is 5.88 Å². The first-order chi connectivity index (χ1) is 7.59. The van der Waals surface area contributed by atoms with Gasteiger partial charge in [0.1, 0.15) is 0 Å². The number of carboxylic acids is 1. The van der Waals surface area contributed by atoms with Crippen molar-refractivity contribution < 1.29 is 14.6 Å². The summed E-state index contributed by atoms with van der Waals surface area (Å²) in [6.45, 7) is 4.89. The first-order valence-electron chi connectivity index (χ1n) is 5.27. The van der Waals surface area contributed by atoms with Crippen molar-refractivity contribution in [1.29, 1.82) is 0 Å². The number of carboxylic acid groups (broad SMARTS) is 1. The average molecular weight is 224 g/mol. The zero-order chi connectivity index (χ0) is 12.0. The summed E-state index contributed by atoms with van der Waals surface area (Å²) in [5.41, 5.74) is -0.0745. The van der Waals surface area contributed by atoms with Crippen molar-refractivity contribution in [3.8, 4) is 5.88 Å². The van der Waals surface area contributed by atoms with E-state index in [0.29, 0.717) is 18.4 Å². The van der Waals surface area contributed by atoms with Crippen LogP contribution in [0.3, 0.4) is 0 Å². The quantitative estimate of drug-likeness (QED) is 0.748. The molecule has 0 bridgehead atoms. The molecule has 0 aromatic carbocycles. The maximum atomic E-state index is 10.5. The van der Waals surface area contributed by atoms with Crippen LogP contribution in [0.1, 0.15) is 37.2 Å². The summed E-state index contributed by atoms with van der Waals surface area (Å²) < 4.78 is 5.32. The highest BCUT2D eigenvalue weighted by atomic mass is 16.5. The van der Waals surface area contributed by atoms with Crippen molar-refractivity contribution in [1.82, 2.24) is 9.97 Å². The zero-order valence-corrected chi connectivity index (χ0v) is 9.51. The molecule has 0 radical (unpaired) electrons. The summed E-state index contributed by atoms with van der Waals surface area (Å²) in [5.74, 6) is -0.0586. The number of hydrogen-bond donors (Lipinski definition) is 1. The van der Waals surface area contributed by atoms with Gasteiger partial charge in [-0.3, -0.25) is 0 Å². The molecule has 1 N–H and O–H groups in total. The zero-order valence-electron chi connectivity index (χ0n) is 9.51. The van der Waals surface area contributed by atoms with E-state index in [1.165, 1.54) is 12.4 Å². The van der Waals surface area contributed by atoms with Crippen LogP contribution < -0.4 is 4.74 Å². The summed E-state index contributed by atoms with van der Waals surface area (Å²) in [7, 11) is 0. The largest absolute Gasteiger partial charge is 0.477 e. The SMILES string of the molecule is CC(C)CCCOc1cnc(C(=O)O)cn1. The average Bonchev–Trinajstić information content (AvgIpc) is 2.25. The van der Waals surface area contributed by atoms with Crippen LogP contribution >= 0.6 is 0 Å². The lowest BCUT2D eigenvalue weighted by molar-refractivity contribution is 0.0689. The predicted octanol–water partition coefficient (Wildman–Crippen LogP) is 1.99. The molecular weight excluding hydrogens is 208 g/mol. The Morgan fingerprint density at radius 1 is 1.44 bits per heavy atom. The maximum Gasteiger partial charge on any atom is 0.356 e. The first kappa shape index (κ1) is 12.4. The molecule has 0 unspecified atom stereocenters. The molecule has 0 aliphatic rings. The Labute approximate surface area is 94.5 Å². The molecule has 0 aliphatic carbocycles. The van der Waals surface area contributed by atoms with Gasteiger partial charge < -0.3 is 9.84 Å². The lowest BCUT2D eigenvalue weighted by Gasteiger charge is -2.06. The van der Waals surface area contributed by atoms with E-state index < -0.39 is 5.97 Å². The molecule has 1 aromatic rings. The molecule has 0 atom stereocenters. The van der Waals surface area contributed by atoms with E-state index in [1.54, 1.807) is 0 Å². The molecule has 0 aliphatic heterocycles. The van der Waals surface area contributed by atoms with Gasteiger partial charge in [-0.2, -0.15) is 0 Å². The minimum Gasteiger partial charge on any atom is -0.477 e. The summed E-state index contributed by atoms with van der Waals surface area (Å²) in [6.07, 6.45) is 4.58. The first-order valence-corrected chi connectivity index (χ1v) is 5.27. The van der Waals surface area contributed by atoms with Crippen LogP contribution in [-0.2, 0) is 0 Å². The molecule has 0 fully saturated rings. The van der Waals surface area contributed by atoms with Gasteiger partial charge in [-0.25, -0.2) is 14.8 Å². The highest BCUT2D eigenvalue weighted by Gasteiger charge is 2.05. The lowest BCUT2D eigenvalue weighted by Crippen LogP contribution is -2.04. The van der Waals surface area contributed by atoms with E-state index in [-0.39, 0.29) is 5.69 Å². The van der Waals surface area contributed by atoms with Gasteiger partial charge in [0.25, 0.3) is 0 Å². The molecule has 0 saturated heterocycles. The summed E-state index contributed by atoms with van der Waals surface area (Å²) in [5, 5.41) is 8.61. The molecule has 5 heteroatoms. The van der Waals surface area contributed by atoms with E-state index in [9.17, 15) is 4.79 Å². The third kappa shape index (κ3) is 4.25. The fourth-order valence-corrected chi connectivity index (χ4v) is 1.17. The van der Waals surface area contributed by atoms with E-state index >= 15 is 0 Å². The number of hydrogen-bond acceptors (Lipinski definition) is 4. The molecule has 0 saturated carbocycles. The Balaban J connectivity index is 2.35. The van der Waals surface area contributed by atoms with Crippen molar-refractivity contribution in [3.05, 3.63) is 18.1 Å². The summed E-state index contributed by atoms with van der Waals surface area (Å²) >= 11 is 0. The van der Waals surface area contributed by atoms with Crippen LogP contribution in [-0.4, -0.2) is 27.7 Å². The maximum absolute atomic E-state index is 10.5. The molecule has 88 valence electrons. The third-order valence-corrected chi connectivity index (χ3v) is 2.02. The number of nitrogens with zero attached hydrogens (tertiary/aromatic N) is 2. The van der Waals surface area contributed by atoms with Crippen LogP contribution in [0.15, 0.2) is 12.4 Å². The monoisotopic (exact) mass is 224 g/mol. The summed E-state index contributed by atoms with van der Waals surface area (Å²) in [4.78, 5) is 18.1. The molecule has 1 aromatic heterocycles. The predicted molar refractivity (Wildman–Crippen MR) is 58.6 cm³/mol. The molecule has 1 heterocycles. The van der Waals surface area contributed by atoms with Gasteiger partial charge in [-0.05, 0) is 18.8 Å². The smallest absolute Gasteiger partial charge is 0.356 e. The van der Waals surface area contributed by atoms with Crippen LogP contribution in [0.25, 0.3) is 0 Å². The minimum atomic E-state index is -1.08. The van der Waals surface area contributed by atoms with Crippen LogP contribution in [0, 0.1) is 5.92 Å². The molecular formula is C11H16N2O3. The molecule has 5 nitrogen and oxygen atoms in total. The molecule has 1 rings (SSSR count). The highest BCUT2D eigenvalue weighted by Crippen LogP contribution is 2.07. The Hall–Kier alpha value is -1.65. The van der Waals surface area contributed by atoms with E-state index in [4.69, 9.17) is 9.84 Å². The number of aromatic nitrogens is 2. The Morgan fingerprint density at radius 3 is 2.69 bits per heavy atom. The van der Waals surface area contributed by atoms with Crippen LogP contribution in [0.2, 0.25) is 0 Å². The Morgan fingerprint density at radius 2 is 2.19 bits per heavy atom. The fourth-order valence-electron chi connectivity index (χ4n) is 1.17. The van der Waals surface area contributed by atoms with Crippen LogP contribution in [0.4, 0.5) is 0 Å². The number of ether oxygens (including phenoxy) is 1. The number of aromatic carboxylic acids is 1. The standard InChI is InChI=1S/C11H16N2O3/c1-8(2)4-3-5-16-10-7-12-9(6-13-10)11(14)15/h6-8H,3-5H2,1-2H3,(H,14,15).